The number of nitrogens with one attached hydrogen (secondary N) is 1. The van der Waals surface area contributed by atoms with E-state index in [0.717, 1.165) is 16.7 Å². The second kappa shape index (κ2) is 9.91. The quantitative estimate of drug-likeness (QED) is 0.773. The SMILES string of the molecule is CCC(C(=O)NC)N(Cc1ccccc1C)C(=O)CCc1ccc(C)cc1. The van der Waals surface area contributed by atoms with E-state index in [0.29, 0.717) is 25.8 Å². The maximum absolute atomic E-state index is 13.1. The highest BCUT2D eigenvalue weighted by atomic mass is 16.2. The Morgan fingerprint density at radius 2 is 1.70 bits per heavy atom. The van der Waals surface area contributed by atoms with Crippen LogP contribution in [0, 0.1) is 13.8 Å². The molecule has 0 aromatic heterocycles. The summed E-state index contributed by atoms with van der Waals surface area (Å²) in [6.45, 7) is 6.47. The van der Waals surface area contributed by atoms with Crippen molar-refractivity contribution in [2.45, 2.75) is 52.6 Å². The zero-order valence-electron chi connectivity index (χ0n) is 16.8. The van der Waals surface area contributed by atoms with E-state index in [1.807, 2.05) is 45.0 Å². The van der Waals surface area contributed by atoms with Gasteiger partial charge in [0.05, 0.1) is 0 Å². The van der Waals surface area contributed by atoms with Crippen molar-refractivity contribution in [3.8, 4) is 0 Å². The predicted molar refractivity (Wildman–Crippen MR) is 109 cm³/mol. The summed E-state index contributed by atoms with van der Waals surface area (Å²) in [6, 6.07) is 15.8. The van der Waals surface area contributed by atoms with Crippen molar-refractivity contribution in [2.24, 2.45) is 0 Å². The lowest BCUT2D eigenvalue weighted by atomic mass is 10.0. The first kappa shape index (κ1) is 20.7. The largest absolute Gasteiger partial charge is 0.357 e. The molecule has 2 amide bonds. The van der Waals surface area contributed by atoms with Gasteiger partial charge in [0.25, 0.3) is 0 Å². The van der Waals surface area contributed by atoms with Crippen LogP contribution in [-0.2, 0) is 22.6 Å². The number of likely N-dealkylation sites (N-methyl/N-ethyl adjacent to an activating group) is 1. The number of amides is 2. The molecule has 2 rings (SSSR count). The zero-order chi connectivity index (χ0) is 19.8. The second-order valence-corrected chi connectivity index (χ2v) is 6.97. The average molecular weight is 367 g/mol. The van der Waals surface area contributed by atoms with E-state index in [2.05, 4.69) is 29.6 Å². The summed E-state index contributed by atoms with van der Waals surface area (Å²) in [5.41, 5.74) is 4.54. The van der Waals surface area contributed by atoms with E-state index in [4.69, 9.17) is 0 Å². The topological polar surface area (TPSA) is 49.4 Å². The summed E-state index contributed by atoms with van der Waals surface area (Å²) in [7, 11) is 1.62. The lowest BCUT2D eigenvalue weighted by Gasteiger charge is -2.31. The lowest BCUT2D eigenvalue weighted by Crippen LogP contribution is -2.48. The second-order valence-electron chi connectivity index (χ2n) is 6.97. The van der Waals surface area contributed by atoms with Crippen LogP contribution in [0.4, 0.5) is 0 Å². The van der Waals surface area contributed by atoms with E-state index in [-0.39, 0.29) is 11.8 Å². The van der Waals surface area contributed by atoms with Gasteiger partial charge >= 0.3 is 0 Å². The van der Waals surface area contributed by atoms with Crippen LogP contribution in [0.25, 0.3) is 0 Å². The molecular weight excluding hydrogens is 336 g/mol. The van der Waals surface area contributed by atoms with Gasteiger partial charge in [0.2, 0.25) is 11.8 Å². The molecule has 144 valence electrons. The molecule has 0 fully saturated rings. The minimum Gasteiger partial charge on any atom is -0.357 e. The first-order chi connectivity index (χ1) is 13.0. The first-order valence-electron chi connectivity index (χ1n) is 9.57. The summed E-state index contributed by atoms with van der Waals surface area (Å²) in [5.74, 6) is -0.107. The zero-order valence-corrected chi connectivity index (χ0v) is 16.8. The van der Waals surface area contributed by atoms with Crippen LogP contribution < -0.4 is 5.32 Å². The van der Waals surface area contributed by atoms with E-state index in [9.17, 15) is 9.59 Å². The molecule has 0 aliphatic heterocycles. The molecule has 27 heavy (non-hydrogen) atoms. The van der Waals surface area contributed by atoms with Gasteiger partial charge in [-0.05, 0) is 43.4 Å². The molecule has 0 aliphatic rings. The standard InChI is InChI=1S/C23H30N2O2/c1-5-21(23(27)24-4)25(16-20-9-7-6-8-18(20)3)22(26)15-14-19-12-10-17(2)11-13-19/h6-13,21H,5,14-16H2,1-4H3,(H,24,27). The van der Waals surface area contributed by atoms with Crippen LogP contribution in [0.5, 0.6) is 0 Å². The minimum atomic E-state index is -0.458. The first-order valence-corrected chi connectivity index (χ1v) is 9.57. The molecule has 1 unspecified atom stereocenters. The van der Waals surface area contributed by atoms with Gasteiger partial charge in [-0.3, -0.25) is 9.59 Å². The molecule has 0 aliphatic carbocycles. The van der Waals surface area contributed by atoms with Crippen LogP contribution in [0.1, 0.15) is 42.0 Å². The molecule has 1 atom stereocenters. The molecule has 1 N–H and O–H groups in total. The minimum absolute atomic E-state index is 0.00859. The maximum Gasteiger partial charge on any atom is 0.242 e. The Balaban J connectivity index is 2.19. The average Bonchev–Trinajstić information content (AvgIpc) is 2.68. The number of benzene rings is 2. The highest BCUT2D eigenvalue weighted by molar-refractivity contribution is 5.87. The molecule has 0 spiro atoms. The molecule has 0 bridgehead atoms. The van der Waals surface area contributed by atoms with Gasteiger partial charge in [0.15, 0.2) is 0 Å². The maximum atomic E-state index is 13.1. The Bertz CT molecular complexity index is 768. The van der Waals surface area contributed by atoms with Gasteiger partial charge in [-0.25, -0.2) is 0 Å². The molecule has 2 aromatic carbocycles. The van der Waals surface area contributed by atoms with Gasteiger partial charge in [0.1, 0.15) is 6.04 Å². The third kappa shape index (κ3) is 5.68. The number of carbonyl (C=O) groups is 2. The monoisotopic (exact) mass is 366 g/mol. The number of nitrogens with zero attached hydrogens (tertiary/aromatic N) is 1. The molecule has 4 nitrogen and oxygen atoms in total. The fourth-order valence-corrected chi connectivity index (χ4v) is 3.21. The van der Waals surface area contributed by atoms with Gasteiger partial charge in [-0.2, -0.15) is 0 Å². The number of hydrogen-bond donors (Lipinski definition) is 1. The molecular formula is C23H30N2O2. The van der Waals surface area contributed by atoms with Crippen LogP contribution in [0.3, 0.4) is 0 Å². The van der Waals surface area contributed by atoms with Crippen molar-refractivity contribution in [1.29, 1.82) is 0 Å². The number of rotatable bonds is 8. The van der Waals surface area contributed by atoms with Crippen molar-refractivity contribution in [2.75, 3.05) is 7.05 Å². The smallest absolute Gasteiger partial charge is 0.242 e. The summed E-state index contributed by atoms with van der Waals surface area (Å²) in [4.78, 5) is 27.2. The lowest BCUT2D eigenvalue weighted by molar-refractivity contribution is -0.141. The predicted octanol–water partition coefficient (Wildman–Crippen LogP) is 3.79. The van der Waals surface area contributed by atoms with E-state index < -0.39 is 6.04 Å². The molecule has 0 saturated heterocycles. The fraction of sp³-hybridized carbons (Fsp3) is 0.391. The van der Waals surface area contributed by atoms with Crippen molar-refractivity contribution in [3.05, 3.63) is 70.8 Å². The highest BCUT2D eigenvalue weighted by Gasteiger charge is 2.27. The Labute approximate surface area is 162 Å². The summed E-state index contributed by atoms with van der Waals surface area (Å²) in [6.07, 6.45) is 1.65. The highest BCUT2D eigenvalue weighted by Crippen LogP contribution is 2.17. The van der Waals surface area contributed by atoms with Crippen molar-refractivity contribution in [1.82, 2.24) is 10.2 Å². The summed E-state index contributed by atoms with van der Waals surface area (Å²) in [5, 5.41) is 2.70. The third-order valence-electron chi connectivity index (χ3n) is 4.98. The van der Waals surface area contributed by atoms with Gasteiger partial charge < -0.3 is 10.2 Å². The van der Waals surface area contributed by atoms with Gasteiger partial charge in [-0.1, -0.05) is 61.0 Å². The normalized spacial score (nSPS) is 11.7. The van der Waals surface area contributed by atoms with Gasteiger partial charge in [0, 0.05) is 20.0 Å². The number of hydrogen-bond acceptors (Lipinski definition) is 2. The summed E-state index contributed by atoms with van der Waals surface area (Å²) < 4.78 is 0. The van der Waals surface area contributed by atoms with E-state index in [1.54, 1.807) is 11.9 Å². The Morgan fingerprint density at radius 1 is 1.04 bits per heavy atom. The van der Waals surface area contributed by atoms with Gasteiger partial charge in [-0.15, -0.1) is 0 Å². The number of aryl methyl sites for hydroxylation is 3. The molecule has 4 heteroatoms. The Kier molecular flexibility index (Phi) is 7.59. The van der Waals surface area contributed by atoms with E-state index >= 15 is 0 Å². The molecule has 0 radical (unpaired) electrons. The number of carbonyl (C=O) groups excluding carboxylic acids is 2. The van der Waals surface area contributed by atoms with Crippen LogP contribution in [0.15, 0.2) is 48.5 Å². The van der Waals surface area contributed by atoms with Crippen LogP contribution >= 0.6 is 0 Å². The fourth-order valence-electron chi connectivity index (χ4n) is 3.21. The van der Waals surface area contributed by atoms with Crippen molar-refractivity contribution in [3.63, 3.8) is 0 Å². The van der Waals surface area contributed by atoms with Crippen LogP contribution in [-0.4, -0.2) is 29.8 Å². The van der Waals surface area contributed by atoms with Crippen molar-refractivity contribution < 1.29 is 9.59 Å². The summed E-state index contributed by atoms with van der Waals surface area (Å²) >= 11 is 0. The van der Waals surface area contributed by atoms with E-state index in [1.165, 1.54) is 5.56 Å². The van der Waals surface area contributed by atoms with Crippen LogP contribution in [0.2, 0.25) is 0 Å². The molecule has 2 aromatic rings. The Hall–Kier alpha value is -2.62. The molecule has 0 heterocycles. The molecule has 0 saturated carbocycles. The Morgan fingerprint density at radius 3 is 2.30 bits per heavy atom. The van der Waals surface area contributed by atoms with Crippen molar-refractivity contribution >= 4 is 11.8 Å². The third-order valence-corrected chi connectivity index (χ3v) is 4.98.